The summed E-state index contributed by atoms with van der Waals surface area (Å²) in [7, 11) is 1.63. The maximum Gasteiger partial charge on any atom is 0.218 e. The van der Waals surface area contributed by atoms with Crippen molar-refractivity contribution in [2.24, 2.45) is 17.6 Å². The molecule has 2 N–H and O–H groups in total. The quantitative estimate of drug-likeness (QED) is 0.847. The number of hydrogen-bond acceptors (Lipinski definition) is 5. The topological polar surface area (TPSA) is 64.3 Å². The monoisotopic (exact) mass is 248 g/mol. The molecule has 0 amide bonds. The van der Waals surface area contributed by atoms with Crippen LogP contribution in [0.4, 0.5) is 5.82 Å². The van der Waals surface area contributed by atoms with Gasteiger partial charge in [0.05, 0.1) is 7.11 Å². The Labute approximate surface area is 107 Å². The Hall–Kier alpha value is -1.36. The largest absolute Gasteiger partial charge is 0.481 e. The van der Waals surface area contributed by atoms with Gasteiger partial charge in [0, 0.05) is 25.2 Å². The summed E-state index contributed by atoms with van der Waals surface area (Å²) < 4.78 is 5.15. The molecule has 1 aromatic rings. The predicted molar refractivity (Wildman–Crippen MR) is 69.6 cm³/mol. The minimum absolute atomic E-state index is 0.359. The summed E-state index contributed by atoms with van der Waals surface area (Å²) in [6.45, 7) is 2.09. The normalized spacial score (nSPS) is 31.2. The second kappa shape index (κ2) is 4.72. The van der Waals surface area contributed by atoms with Crippen LogP contribution in [-0.2, 0) is 0 Å². The summed E-state index contributed by atoms with van der Waals surface area (Å²) in [6, 6.07) is 2.26. The second-order valence-corrected chi connectivity index (χ2v) is 5.34. The molecule has 0 aromatic carbocycles. The molecule has 98 valence electrons. The Morgan fingerprint density at radius 3 is 3.00 bits per heavy atom. The van der Waals surface area contributed by atoms with Crippen molar-refractivity contribution in [2.45, 2.75) is 25.3 Å². The van der Waals surface area contributed by atoms with E-state index in [1.807, 2.05) is 6.07 Å². The number of aromatic nitrogens is 2. The van der Waals surface area contributed by atoms with Crippen LogP contribution in [0, 0.1) is 11.8 Å². The van der Waals surface area contributed by atoms with E-state index in [9.17, 15) is 0 Å². The molecule has 1 aliphatic carbocycles. The van der Waals surface area contributed by atoms with Crippen molar-refractivity contribution >= 4 is 5.82 Å². The first-order valence-corrected chi connectivity index (χ1v) is 6.64. The second-order valence-electron chi connectivity index (χ2n) is 5.34. The number of hydrogen-bond donors (Lipinski definition) is 1. The van der Waals surface area contributed by atoms with E-state index < -0.39 is 0 Å². The molecular formula is C13H20N4O. The van der Waals surface area contributed by atoms with Gasteiger partial charge in [-0.05, 0) is 24.7 Å². The number of fused-ring (bicyclic) bond motifs is 1. The molecule has 1 saturated heterocycles. The van der Waals surface area contributed by atoms with Crippen LogP contribution >= 0.6 is 0 Å². The van der Waals surface area contributed by atoms with Crippen molar-refractivity contribution < 1.29 is 4.74 Å². The van der Waals surface area contributed by atoms with E-state index in [2.05, 4.69) is 14.9 Å². The Balaban J connectivity index is 1.78. The summed E-state index contributed by atoms with van der Waals surface area (Å²) in [5.74, 6) is 2.94. The fourth-order valence-corrected chi connectivity index (χ4v) is 3.32. The van der Waals surface area contributed by atoms with Gasteiger partial charge >= 0.3 is 0 Å². The van der Waals surface area contributed by atoms with Gasteiger partial charge < -0.3 is 15.4 Å². The first-order valence-electron chi connectivity index (χ1n) is 6.64. The highest BCUT2D eigenvalue weighted by Gasteiger charge is 2.39. The van der Waals surface area contributed by atoms with Crippen molar-refractivity contribution in [2.75, 3.05) is 25.1 Å². The standard InChI is InChI=1S/C13H20N4O/c1-18-13-5-12(15-8-16-13)17-6-9-3-2-4-11(14)10(9)7-17/h5,8-11H,2-4,6-7,14H2,1H3. The van der Waals surface area contributed by atoms with Gasteiger partial charge in [0.25, 0.3) is 0 Å². The van der Waals surface area contributed by atoms with Gasteiger partial charge in [-0.1, -0.05) is 6.42 Å². The molecule has 2 aliphatic rings. The van der Waals surface area contributed by atoms with Gasteiger partial charge in [0.2, 0.25) is 5.88 Å². The Bertz CT molecular complexity index is 425. The minimum Gasteiger partial charge on any atom is -0.481 e. The summed E-state index contributed by atoms with van der Waals surface area (Å²) in [5.41, 5.74) is 6.23. The highest BCUT2D eigenvalue weighted by molar-refractivity contribution is 5.42. The molecule has 18 heavy (non-hydrogen) atoms. The molecule has 0 radical (unpaired) electrons. The third-order valence-corrected chi connectivity index (χ3v) is 4.31. The van der Waals surface area contributed by atoms with E-state index >= 15 is 0 Å². The van der Waals surface area contributed by atoms with E-state index in [1.54, 1.807) is 13.4 Å². The van der Waals surface area contributed by atoms with Crippen LogP contribution in [0.1, 0.15) is 19.3 Å². The maximum absolute atomic E-state index is 6.23. The van der Waals surface area contributed by atoms with E-state index in [0.29, 0.717) is 17.8 Å². The molecule has 0 spiro atoms. The Morgan fingerprint density at radius 2 is 2.22 bits per heavy atom. The lowest BCUT2D eigenvalue weighted by molar-refractivity contribution is 0.260. The van der Waals surface area contributed by atoms with Crippen LogP contribution in [0.3, 0.4) is 0 Å². The summed E-state index contributed by atoms with van der Waals surface area (Å²) in [6.07, 6.45) is 5.30. The van der Waals surface area contributed by atoms with E-state index in [4.69, 9.17) is 10.5 Å². The molecule has 3 unspecified atom stereocenters. The lowest BCUT2D eigenvalue weighted by atomic mass is 9.78. The van der Waals surface area contributed by atoms with E-state index in [1.165, 1.54) is 19.3 Å². The zero-order valence-corrected chi connectivity index (χ0v) is 10.7. The average Bonchev–Trinajstić information content (AvgIpc) is 2.84. The first kappa shape index (κ1) is 11.7. The number of anilines is 1. The highest BCUT2D eigenvalue weighted by Crippen LogP contribution is 2.37. The summed E-state index contributed by atoms with van der Waals surface area (Å²) in [5, 5.41) is 0. The lowest BCUT2D eigenvalue weighted by Gasteiger charge is -2.29. The van der Waals surface area contributed by atoms with Crippen LogP contribution in [0.2, 0.25) is 0 Å². The molecular weight excluding hydrogens is 228 g/mol. The van der Waals surface area contributed by atoms with Gasteiger partial charge in [0.1, 0.15) is 12.1 Å². The number of nitrogens with zero attached hydrogens (tertiary/aromatic N) is 3. The van der Waals surface area contributed by atoms with Gasteiger partial charge in [-0.15, -0.1) is 0 Å². The molecule has 1 aromatic heterocycles. The van der Waals surface area contributed by atoms with Crippen molar-refractivity contribution in [3.63, 3.8) is 0 Å². The number of nitrogens with two attached hydrogens (primary N) is 1. The van der Waals surface area contributed by atoms with E-state index in [-0.39, 0.29) is 0 Å². The molecule has 1 aliphatic heterocycles. The fraction of sp³-hybridized carbons (Fsp3) is 0.692. The van der Waals surface area contributed by atoms with E-state index in [0.717, 1.165) is 24.8 Å². The number of rotatable bonds is 2. The Morgan fingerprint density at radius 1 is 1.33 bits per heavy atom. The highest BCUT2D eigenvalue weighted by atomic mass is 16.5. The van der Waals surface area contributed by atoms with Crippen LogP contribution < -0.4 is 15.4 Å². The molecule has 5 nitrogen and oxygen atoms in total. The van der Waals surface area contributed by atoms with Gasteiger partial charge in [-0.3, -0.25) is 0 Å². The number of methoxy groups -OCH3 is 1. The van der Waals surface area contributed by atoms with Gasteiger partial charge in [-0.2, -0.15) is 0 Å². The zero-order chi connectivity index (χ0) is 12.5. The molecule has 1 saturated carbocycles. The van der Waals surface area contributed by atoms with Gasteiger partial charge in [-0.25, -0.2) is 9.97 Å². The van der Waals surface area contributed by atoms with Crippen LogP contribution in [0.5, 0.6) is 5.88 Å². The van der Waals surface area contributed by atoms with Crippen LogP contribution in [-0.4, -0.2) is 36.2 Å². The molecule has 2 fully saturated rings. The molecule has 0 bridgehead atoms. The third-order valence-electron chi connectivity index (χ3n) is 4.31. The van der Waals surface area contributed by atoms with Crippen LogP contribution in [0.15, 0.2) is 12.4 Å². The summed E-state index contributed by atoms with van der Waals surface area (Å²) in [4.78, 5) is 10.7. The predicted octanol–water partition coefficient (Wildman–Crippen LogP) is 1.05. The van der Waals surface area contributed by atoms with Crippen molar-refractivity contribution in [1.29, 1.82) is 0 Å². The summed E-state index contributed by atoms with van der Waals surface area (Å²) >= 11 is 0. The SMILES string of the molecule is COc1cc(N2CC3CCCC(N)C3C2)ncn1. The zero-order valence-electron chi connectivity index (χ0n) is 10.7. The molecule has 3 rings (SSSR count). The van der Waals surface area contributed by atoms with Crippen molar-refractivity contribution in [3.8, 4) is 5.88 Å². The lowest BCUT2D eigenvalue weighted by Crippen LogP contribution is -2.38. The van der Waals surface area contributed by atoms with Crippen molar-refractivity contribution in [1.82, 2.24) is 9.97 Å². The van der Waals surface area contributed by atoms with Gasteiger partial charge in [0.15, 0.2) is 0 Å². The first-order chi connectivity index (χ1) is 8.78. The number of ether oxygens (including phenoxy) is 1. The average molecular weight is 248 g/mol. The molecule has 2 heterocycles. The molecule has 3 atom stereocenters. The van der Waals surface area contributed by atoms with Crippen molar-refractivity contribution in [3.05, 3.63) is 12.4 Å². The Kier molecular flexibility index (Phi) is 3.07. The third kappa shape index (κ3) is 2.03. The smallest absolute Gasteiger partial charge is 0.218 e. The van der Waals surface area contributed by atoms with Crippen LogP contribution in [0.25, 0.3) is 0 Å². The minimum atomic E-state index is 0.359. The molecule has 5 heteroatoms. The maximum atomic E-state index is 6.23. The fourth-order valence-electron chi connectivity index (χ4n) is 3.32.